The van der Waals surface area contributed by atoms with E-state index in [0.717, 1.165) is 16.7 Å². The third kappa shape index (κ3) is 10.8. The van der Waals surface area contributed by atoms with E-state index in [1.165, 1.54) is 67.8 Å². The Morgan fingerprint density at radius 1 is 0.339 bits per heavy atom. The molecule has 6 aromatic carbocycles. The molecule has 286 valence electrons. The maximum absolute atomic E-state index is 3.85. The van der Waals surface area contributed by atoms with Gasteiger partial charge >= 0.3 is 0 Å². The fourth-order valence-electron chi connectivity index (χ4n) is 6.74. The third-order valence-corrected chi connectivity index (χ3v) is 16.0. The highest BCUT2D eigenvalue weighted by molar-refractivity contribution is 7.80. The van der Waals surface area contributed by atoms with Gasteiger partial charge in [-0.3, -0.25) is 0 Å². The van der Waals surface area contributed by atoms with Crippen molar-refractivity contribution < 1.29 is 0 Å². The molecule has 0 aromatic heterocycles. The van der Waals surface area contributed by atoms with Gasteiger partial charge in [-0.1, -0.05) is 225 Å². The molecule has 6 aromatic rings. The first kappa shape index (κ1) is 42.5. The second kappa shape index (κ2) is 21.1. The molecule has 3 atom stereocenters. The number of rotatable bonds is 15. The molecule has 56 heavy (non-hydrogen) atoms. The molecule has 0 heterocycles. The topological polar surface area (TPSA) is 0 Å². The van der Waals surface area contributed by atoms with Crippen molar-refractivity contribution in [2.45, 2.75) is 78.6 Å². The lowest BCUT2D eigenvalue weighted by atomic mass is 9.99. The molecule has 6 rings (SSSR count). The summed E-state index contributed by atoms with van der Waals surface area (Å²) in [4.78, 5) is 0. The summed E-state index contributed by atoms with van der Waals surface area (Å²) in [7, 11) is -1.15. The van der Waals surface area contributed by atoms with E-state index in [4.69, 9.17) is 0 Å². The zero-order chi connectivity index (χ0) is 40.0. The highest BCUT2D eigenvalue weighted by Crippen LogP contribution is 2.36. The van der Waals surface area contributed by atoms with E-state index in [1.807, 2.05) is 18.2 Å². The van der Waals surface area contributed by atoms with Crippen molar-refractivity contribution in [2.75, 3.05) is 0 Å². The molecule has 0 N–H and O–H groups in total. The fraction of sp³-hybridized carbons (Fsp3) is 0.222. The van der Waals surface area contributed by atoms with Gasteiger partial charge in [0.2, 0.25) is 0 Å². The zero-order valence-corrected chi connectivity index (χ0v) is 36.2. The highest BCUT2D eigenvalue weighted by Gasteiger charge is 2.19. The van der Waals surface area contributed by atoms with Crippen LogP contribution >= 0.6 is 15.8 Å². The molecular weight excluding hydrogens is 711 g/mol. The first-order valence-corrected chi connectivity index (χ1v) is 23.0. The number of hydrogen-bond acceptors (Lipinski definition) is 0. The van der Waals surface area contributed by atoms with Crippen molar-refractivity contribution in [3.05, 3.63) is 199 Å². The third-order valence-electron chi connectivity index (χ3n) is 11.2. The Hall–Kier alpha value is -4.60. The van der Waals surface area contributed by atoms with Crippen LogP contribution in [0.25, 0.3) is 18.2 Å². The monoisotopic (exact) mass is 770 g/mol. The Balaban J connectivity index is 0.000000219. The molecule has 0 fully saturated rings. The normalized spacial score (nSPS) is 13.1. The van der Waals surface area contributed by atoms with E-state index < -0.39 is 15.8 Å². The summed E-state index contributed by atoms with van der Waals surface area (Å²) < 4.78 is 0. The summed E-state index contributed by atoms with van der Waals surface area (Å²) in [5.41, 5.74) is 7.76. The Morgan fingerprint density at radius 3 is 0.679 bits per heavy atom. The van der Waals surface area contributed by atoms with E-state index in [-0.39, 0.29) is 0 Å². The van der Waals surface area contributed by atoms with Gasteiger partial charge in [-0.05, 0) is 118 Å². The van der Waals surface area contributed by atoms with Crippen LogP contribution in [-0.2, 0) is 0 Å². The van der Waals surface area contributed by atoms with Gasteiger partial charge in [-0.2, -0.15) is 0 Å². The second-order valence-electron chi connectivity index (χ2n) is 14.8. The minimum absolute atomic E-state index is 0.554. The van der Waals surface area contributed by atoms with E-state index in [9.17, 15) is 0 Å². The van der Waals surface area contributed by atoms with Gasteiger partial charge in [0, 0.05) is 0 Å². The van der Waals surface area contributed by atoms with Gasteiger partial charge in [0.05, 0.1) is 0 Å². The quantitative estimate of drug-likeness (QED) is 0.0913. The van der Waals surface area contributed by atoms with Crippen LogP contribution in [0, 0.1) is 0 Å². The molecule has 0 amide bonds. The van der Waals surface area contributed by atoms with Crippen LogP contribution in [0.5, 0.6) is 0 Å². The number of hydrogen-bond donors (Lipinski definition) is 0. The standard InChI is InChI=1S/C30H39P.C24H21P/c1-7-22(4)25-10-16-28(17-11-25)31(29-18-12-26(13-19-29)23(5)8-2)30-20-14-27(15-21-30)24(6)9-3;1-4-19-7-13-22(14-8-19)25(23-15-9-20(5-2)10-16-23)24-17-11-21(6-3)12-18-24/h10-24H,7-9H2,1-6H3;4-18H,1-3H2. The predicted octanol–water partition coefficient (Wildman–Crippen LogP) is 13.4. The van der Waals surface area contributed by atoms with Gasteiger partial charge in [-0.15, -0.1) is 0 Å². The summed E-state index contributed by atoms with van der Waals surface area (Å²) in [6, 6.07) is 54.4. The van der Waals surface area contributed by atoms with E-state index >= 15 is 0 Å². The van der Waals surface area contributed by atoms with Crippen molar-refractivity contribution >= 4 is 65.9 Å². The first-order valence-electron chi connectivity index (χ1n) is 20.3. The van der Waals surface area contributed by atoms with Crippen LogP contribution in [-0.4, -0.2) is 0 Å². The minimum atomic E-state index is -0.601. The summed E-state index contributed by atoms with van der Waals surface area (Å²) in [6.07, 6.45) is 9.18. The lowest BCUT2D eigenvalue weighted by Gasteiger charge is -2.22. The van der Waals surface area contributed by atoms with Crippen LogP contribution in [0.1, 0.15) is 112 Å². The maximum Gasteiger partial charge on any atom is -0.0134 e. The van der Waals surface area contributed by atoms with Crippen LogP contribution in [0.2, 0.25) is 0 Å². The molecule has 0 aliphatic carbocycles. The average Bonchev–Trinajstić information content (AvgIpc) is 3.27. The summed E-state index contributed by atoms with van der Waals surface area (Å²) in [5, 5.41) is 8.31. The first-order chi connectivity index (χ1) is 27.2. The summed E-state index contributed by atoms with van der Waals surface area (Å²) in [5.74, 6) is 1.85. The summed E-state index contributed by atoms with van der Waals surface area (Å²) in [6.45, 7) is 25.3. The Morgan fingerprint density at radius 2 is 0.518 bits per heavy atom. The molecule has 0 nitrogen and oxygen atoms in total. The fourth-order valence-corrected chi connectivity index (χ4v) is 11.2. The molecule has 0 saturated heterocycles. The van der Waals surface area contributed by atoms with Crippen LogP contribution in [0.4, 0.5) is 0 Å². The van der Waals surface area contributed by atoms with E-state index in [0.29, 0.717) is 17.8 Å². The van der Waals surface area contributed by atoms with Gasteiger partial charge in [0.15, 0.2) is 0 Å². The van der Waals surface area contributed by atoms with Crippen molar-refractivity contribution in [2.24, 2.45) is 0 Å². The predicted molar refractivity (Wildman–Crippen MR) is 257 cm³/mol. The summed E-state index contributed by atoms with van der Waals surface area (Å²) >= 11 is 0. The van der Waals surface area contributed by atoms with Crippen LogP contribution in [0.15, 0.2) is 165 Å². The van der Waals surface area contributed by atoms with E-state index in [1.54, 1.807) is 0 Å². The van der Waals surface area contributed by atoms with Crippen molar-refractivity contribution in [3.8, 4) is 0 Å². The molecule has 3 unspecified atom stereocenters. The maximum atomic E-state index is 3.85. The Bertz CT molecular complexity index is 1860. The zero-order valence-electron chi connectivity index (χ0n) is 34.5. The van der Waals surface area contributed by atoms with Gasteiger partial charge in [-0.25, -0.2) is 0 Å². The molecule has 0 spiro atoms. The molecule has 2 heteroatoms. The van der Waals surface area contributed by atoms with Crippen molar-refractivity contribution in [1.29, 1.82) is 0 Å². The Labute approximate surface area is 341 Å². The SMILES string of the molecule is C=Cc1ccc(P(c2ccc(C=C)cc2)c2ccc(C=C)cc2)cc1.CCC(C)c1ccc(P(c2ccc(C(C)CC)cc2)c2ccc(C(C)CC)cc2)cc1. The number of benzene rings is 6. The minimum Gasteiger partial charge on any atom is -0.0985 e. The van der Waals surface area contributed by atoms with Crippen LogP contribution < -0.4 is 31.8 Å². The smallest absolute Gasteiger partial charge is 0.0134 e. The van der Waals surface area contributed by atoms with Crippen molar-refractivity contribution in [3.63, 3.8) is 0 Å². The Kier molecular flexibility index (Phi) is 16.0. The van der Waals surface area contributed by atoms with Gasteiger partial charge < -0.3 is 0 Å². The molecule has 0 aliphatic heterocycles. The molecular formula is C54H60P2. The molecule has 0 radical (unpaired) electrons. The molecule has 0 saturated carbocycles. The lowest BCUT2D eigenvalue weighted by molar-refractivity contribution is 0.734. The average molecular weight is 771 g/mol. The molecule has 0 bridgehead atoms. The van der Waals surface area contributed by atoms with Crippen molar-refractivity contribution in [1.82, 2.24) is 0 Å². The van der Waals surface area contributed by atoms with E-state index in [2.05, 4.69) is 207 Å². The van der Waals surface area contributed by atoms with Gasteiger partial charge in [0.25, 0.3) is 0 Å². The van der Waals surface area contributed by atoms with Crippen LogP contribution in [0.3, 0.4) is 0 Å². The second-order valence-corrected chi connectivity index (χ2v) is 19.2. The highest BCUT2D eigenvalue weighted by atomic mass is 31.1. The molecule has 0 aliphatic rings. The lowest BCUT2D eigenvalue weighted by Crippen LogP contribution is -2.21. The van der Waals surface area contributed by atoms with Gasteiger partial charge in [0.1, 0.15) is 0 Å². The largest absolute Gasteiger partial charge is 0.0985 e.